The molecule has 0 saturated carbocycles. The van der Waals surface area contributed by atoms with Gasteiger partial charge in [-0.05, 0) is 35.7 Å². The largest absolute Gasteiger partial charge is 1.00 e. The predicted octanol–water partition coefficient (Wildman–Crippen LogP) is -4.71. The number of nitrogens with zero attached hydrogens (tertiary/aromatic N) is 2. The fourth-order valence-corrected chi connectivity index (χ4v) is 5.14. The van der Waals surface area contributed by atoms with Crippen molar-refractivity contribution in [1.82, 2.24) is 4.72 Å². The Labute approximate surface area is 295 Å². The van der Waals surface area contributed by atoms with Crippen LogP contribution in [0.5, 0.6) is 11.5 Å². The summed E-state index contributed by atoms with van der Waals surface area (Å²) >= 11 is 0. The molecule has 0 aliphatic carbocycles. The zero-order valence-corrected chi connectivity index (χ0v) is 29.2. The summed E-state index contributed by atoms with van der Waals surface area (Å²) in [7, 11) is -14.5. The number of nitrogens with one attached hydrogen (secondary N) is 2. The Kier molecular flexibility index (Phi) is 15.7. The molecule has 42 heavy (non-hydrogen) atoms. The minimum atomic E-state index is -5.19. The van der Waals surface area contributed by atoms with E-state index in [0.717, 1.165) is 24.3 Å². The molecular formula is C20H18CuN4Na2O12S3. The van der Waals surface area contributed by atoms with Gasteiger partial charge in [-0.2, -0.15) is 0 Å². The molecule has 221 valence electrons. The summed E-state index contributed by atoms with van der Waals surface area (Å²) in [6, 6.07) is 7.64. The number of anilines is 1. The average molecular weight is 712 g/mol. The van der Waals surface area contributed by atoms with E-state index in [1.54, 1.807) is 0 Å². The first-order chi connectivity index (χ1) is 18.0. The van der Waals surface area contributed by atoms with Crippen LogP contribution in [0, 0.1) is 0 Å². The number of phenols is 2. The molecule has 0 saturated heterocycles. The summed E-state index contributed by atoms with van der Waals surface area (Å²) in [6.45, 7) is -0.134. The Hall–Kier alpha value is -1.20. The van der Waals surface area contributed by atoms with E-state index in [0.29, 0.717) is 0 Å². The smallest absolute Gasteiger partial charge is 0.744 e. The van der Waals surface area contributed by atoms with Crippen LogP contribution in [0.3, 0.4) is 0 Å². The monoisotopic (exact) mass is 711 g/mol. The van der Waals surface area contributed by atoms with Crippen LogP contribution >= 0.6 is 0 Å². The predicted molar refractivity (Wildman–Crippen MR) is 131 cm³/mol. The molecule has 0 aliphatic rings. The van der Waals surface area contributed by atoms with Gasteiger partial charge in [-0.1, -0.05) is 6.07 Å². The molecule has 0 atom stereocenters. The van der Waals surface area contributed by atoms with Crippen molar-refractivity contribution in [3.8, 4) is 11.5 Å². The molecule has 3 aromatic carbocycles. The van der Waals surface area contributed by atoms with Gasteiger partial charge in [0, 0.05) is 47.7 Å². The molecular weight excluding hydrogens is 694 g/mol. The normalized spacial score (nSPS) is 11.8. The zero-order chi connectivity index (χ0) is 29.2. The number of aromatic hydroxyl groups is 2. The van der Waals surface area contributed by atoms with E-state index >= 15 is 0 Å². The van der Waals surface area contributed by atoms with Crippen molar-refractivity contribution in [2.24, 2.45) is 10.2 Å². The Morgan fingerprint density at radius 2 is 1.60 bits per heavy atom. The molecule has 3 rings (SSSR count). The second-order valence-electron chi connectivity index (χ2n) is 7.62. The van der Waals surface area contributed by atoms with Crippen LogP contribution in [0.15, 0.2) is 62.5 Å². The quantitative estimate of drug-likeness (QED) is 0.0508. The van der Waals surface area contributed by atoms with Crippen LogP contribution in [0.4, 0.5) is 17.1 Å². The van der Waals surface area contributed by atoms with E-state index in [4.69, 9.17) is 0 Å². The van der Waals surface area contributed by atoms with Gasteiger partial charge >= 0.3 is 59.1 Å². The summed E-state index contributed by atoms with van der Waals surface area (Å²) in [5, 5.41) is 30.8. The number of hydrogen-bond acceptors (Lipinski definition) is 14. The van der Waals surface area contributed by atoms with E-state index in [1.165, 1.54) is 25.1 Å². The number of rotatable bonds is 10. The molecule has 0 aromatic heterocycles. The minimum Gasteiger partial charge on any atom is -0.744 e. The fourth-order valence-electron chi connectivity index (χ4n) is 3.17. The summed E-state index contributed by atoms with van der Waals surface area (Å²) in [4.78, 5) is 9.89. The van der Waals surface area contributed by atoms with Gasteiger partial charge in [0.15, 0.2) is 5.75 Å². The van der Waals surface area contributed by atoms with Gasteiger partial charge in [0.2, 0.25) is 26.3 Å². The van der Waals surface area contributed by atoms with Crippen LogP contribution in [0.2, 0.25) is 0 Å². The summed E-state index contributed by atoms with van der Waals surface area (Å²) in [5.41, 5.74) is -0.922. The van der Waals surface area contributed by atoms with Crippen molar-refractivity contribution in [1.29, 1.82) is 0 Å². The van der Waals surface area contributed by atoms with Crippen molar-refractivity contribution in [3.05, 3.63) is 42.5 Å². The minimum absolute atomic E-state index is 0. The van der Waals surface area contributed by atoms with Crippen LogP contribution in [0.1, 0.15) is 6.92 Å². The molecule has 0 heterocycles. The van der Waals surface area contributed by atoms with Gasteiger partial charge in [0.1, 0.15) is 27.2 Å². The number of hydrogen-bond donors (Lipinski definition) is 4. The molecule has 0 bridgehead atoms. The van der Waals surface area contributed by atoms with Gasteiger partial charge in [-0.25, -0.2) is 30.0 Å². The first-order valence-electron chi connectivity index (χ1n) is 10.4. The first-order valence-corrected chi connectivity index (χ1v) is 14.6. The number of benzene rings is 3. The van der Waals surface area contributed by atoms with Crippen molar-refractivity contribution < 1.29 is 130 Å². The SMILES string of the molecule is CC(=O)Nc1ccc2cc(S(=O)(=O)[O-])c(N=Nc3ccc(S(=O)(=O)NCCOS(=O)(=O)[O-])cc3O)c(O)c2c1.[Cu].[Na+].[Na+]. The second kappa shape index (κ2) is 16.2. The Morgan fingerprint density at radius 1 is 0.952 bits per heavy atom. The maximum atomic E-state index is 12.3. The number of sulfonamides is 1. The summed E-state index contributed by atoms with van der Waals surface area (Å²) in [6.07, 6.45) is 0. The Balaban J connectivity index is 0.00000560. The van der Waals surface area contributed by atoms with Gasteiger partial charge in [0.25, 0.3) is 0 Å². The van der Waals surface area contributed by atoms with Crippen LogP contribution in [0.25, 0.3) is 10.8 Å². The second-order valence-corrected chi connectivity index (χ2v) is 11.8. The molecule has 0 aliphatic heterocycles. The zero-order valence-electron chi connectivity index (χ0n) is 21.9. The molecule has 0 unspecified atom stereocenters. The molecule has 0 spiro atoms. The van der Waals surface area contributed by atoms with E-state index < -0.39 is 82.3 Å². The molecule has 1 radical (unpaired) electrons. The van der Waals surface area contributed by atoms with E-state index in [1.807, 2.05) is 4.72 Å². The average Bonchev–Trinajstić information content (AvgIpc) is 2.80. The maximum absolute atomic E-state index is 12.3. The fraction of sp³-hybridized carbons (Fsp3) is 0.150. The topological polar surface area (TPSA) is 264 Å². The molecule has 16 nitrogen and oxygen atoms in total. The van der Waals surface area contributed by atoms with Gasteiger partial charge < -0.3 is 24.6 Å². The summed E-state index contributed by atoms with van der Waals surface area (Å²) in [5.74, 6) is -1.96. The van der Waals surface area contributed by atoms with Gasteiger partial charge in [0.05, 0.1) is 16.4 Å². The van der Waals surface area contributed by atoms with Crippen molar-refractivity contribution in [2.75, 3.05) is 18.5 Å². The maximum Gasteiger partial charge on any atom is 1.00 e. The Morgan fingerprint density at radius 3 is 2.14 bits per heavy atom. The molecule has 1 amide bonds. The van der Waals surface area contributed by atoms with Crippen molar-refractivity contribution >= 4 is 64.3 Å². The standard InChI is InChI=1S/C20H20N4O12S3.Cu.2Na/c1-11(25)22-13-3-2-12-8-18(38(30,31)32)19(20(27)15(12)9-13)24-23-16-5-4-14(10-17(16)26)37(28,29)21-6-7-36-39(33,34)35;;;/h2-5,8-10,21,26-27H,6-7H2,1H3,(H,22,25)(H,30,31,32)(H,33,34,35);;;/q;;2*+1/p-2. The number of carbonyl (C=O) groups excluding carboxylic acids is 1. The van der Waals surface area contributed by atoms with Gasteiger partial charge in [-0.15, -0.1) is 10.2 Å². The Bertz CT molecular complexity index is 1820. The van der Waals surface area contributed by atoms with Crippen LogP contribution < -0.4 is 69.2 Å². The molecule has 4 N–H and O–H groups in total. The number of phenolic OH excluding ortho intramolecular Hbond substituents is 2. The van der Waals surface area contributed by atoms with Crippen molar-refractivity contribution in [3.63, 3.8) is 0 Å². The number of carbonyl (C=O) groups is 1. The van der Waals surface area contributed by atoms with Crippen molar-refractivity contribution in [2.45, 2.75) is 16.7 Å². The molecule has 3 aromatic rings. The third kappa shape index (κ3) is 11.1. The van der Waals surface area contributed by atoms with Crippen LogP contribution in [-0.4, -0.2) is 63.6 Å². The number of amides is 1. The number of fused-ring (bicyclic) bond motifs is 1. The third-order valence-corrected chi connectivity index (χ3v) is 7.54. The summed E-state index contributed by atoms with van der Waals surface area (Å²) < 4.78 is 97.2. The number of azo groups is 1. The third-order valence-electron chi connectivity index (χ3n) is 4.78. The van der Waals surface area contributed by atoms with E-state index in [-0.39, 0.29) is 92.6 Å². The molecule has 22 heteroatoms. The van der Waals surface area contributed by atoms with E-state index in [2.05, 4.69) is 19.7 Å². The van der Waals surface area contributed by atoms with E-state index in [9.17, 15) is 49.4 Å². The van der Waals surface area contributed by atoms with Crippen LogP contribution in [-0.2, 0) is 56.6 Å². The molecule has 0 fully saturated rings. The van der Waals surface area contributed by atoms with Gasteiger partial charge in [-0.3, -0.25) is 8.98 Å². The first kappa shape index (κ1) is 40.8.